The highest BCUT2D eigenvalue weighted by Crippen LogP contribution is 2.33. The molecular weight excluding hydrogens is 253 g/mol. The summed E-state index contributed by atoms with van der Waals surface area (Å²) in [5, 5.41) is 4.82. The summed E-state index contributed by atoms with van der Waals surface area (Å²) in [6.45, 7) is 3.19. The Bertz CT molecular complexity index is 374. The molecule has 0 aromatic heterocycles. The Morgan fingerprint density at radius 1 is 1.35 bits per heavy atom. The van der Waals surface area contributed by atoms with E-state index >= 15 is 0 Å². The van der Waals surface area contributed by atoms with Crippen molar-refractivity contribution >= 4 is 23.2 Å². The second-order valence-electron chi connectivity index (χ2n) is 4.90. The third-order valence-electron chi connectivity index (χ3n) is 3.38. The van der Waals surface area contributed by atoms with Gasteiger partial charge in [-0.25, -0.2) is 0 Å². The monoisotopic (exact) mass is 271 g/mol. The molecule has 0 saturated heterocycles. The molecule has 0 amide bonds. The molecule has 0 spiro atoms. The molecule has 1 aliphatic carbocycles. The van der Waals surface area contributed by atoms with Crippen LogP contribution in [0, 0.1) is 5.92 Å². The zero-order valence-electron chi connectivity index (χ0n) is 10.2. The Labute approximate surface area is 114 Å². The van der Waals surface area contributed by atoms with Crippen LogP contribution in [-0.4, -0.2) is 6.54 Å². The predicted octanol–water partition coefficient (Wildman–Crippen LogP) is 4.83. The quantitative estimate of drug-likeness (QED) is 0.731. The van der Waals surface area contributed by atoms with Gasteiger partial charge in [0.15, 0.2) is 0 Å². The van der Waals surface area contributed by atoms with Crippen LogP contribution < -0.4 is 5.32 Å². The lowest BCUT2D eigenvalue weighted by atomic mass is 10.1. The van der Waals surface area contributed by atoms with E-state index in [1.807, 2.05) is 18.2 Å². The SMILES string of the molecule is CC(NCCCC1CC1)c1cccc(Cl)c1Cl. The van der Waals surface area contributed by atoms with Crippen molar-refractivity contribution in [1.82, 2.24) is 5.32 Å². The van der Waals surface area contributed by atoms with E-state index in [4.69, 9.17) is 23.2 Å². The number of benzene rings is 1. The molecule has 2 rings (SSSR count). The standard InChI is InChI=1S/C14H19Cl2N/c1-10(17-9-3-4-11-7-8-11)12-5-2-6-13(15)14(12)16/h2,5-6,10-11,17H,3-4,7-9H2,1H3. The van der Waals surface area contributed by atoms with Gasteiger partial charge in [0.05, 0.1) is 10.0 Å². The smallest absolute Gasteiger partial charge is 0.0639 e. The van der Waals surface area contributed by atoms with Crippen molar-refractivity contribution in [3.8, 4) is 0 Å². The van der Waals surface area contributed by atoms with Crippen molar-refractivity contribution in [2.24, 2.45) is 5.92 Å². The molecule has 1 fully saturated rings. The zero-order valence-corrected chi connectivity index (χ0v) is 11.7. The van der Waals surface area contributed by atoms with E-state index in [0.717, 1.165) is 18.0 Å². The molecule has 0 bridgehead atoms. The zero-order chi connectivity index (χ0) is 12.3. The minimum atomic E-state index is 0.264. The van der Waals surface area contributed by atoms with Crippen molar-refractivity contribution in [3.05, 3.63) is 33.8 Å². The molecule has 1 atom stereocenters. The molecule has 94 valence electrons. The summed E-state index contributed by atoms with van der Waals surface area (Å²) in [7, 11) is 0. The number of hydrogen-bond donors (Lipinski definition) is 1. The Morgan fingerprint density at radius 2 is 2.12 bits per heavy atom. The lowest BCUT2D eigenvalue weighted by Gasteiger charge is -2.16. The Balaban J connectivity index is 1.81. The summed E-state index contributed by atoms with van der Waals surface area (Å²) < 4.78 is 0. The summed E-state index contributed by atoms with van der Waals surface area (Å²) in [5.74, 6) is 1.02. The van der Waals surface area contributed by atoms with Gasteiger partial charge in [0.1, 0.15) is 0 Å². The molecule has 17 heavy (non-hydrogen) atoms. The molecule has 0 heterocycles. The highest BCUT2D eigenvalue weighted by Gasteiger charge is 2.20. The summed E-state index contributed by atoms with van der Waals surface area (Å²) in [4.78, 5) is 0. The van der Waals surface area contributed by atoms with Crippen molar-refractivity contribution in [2.75, 3.05) is 6.54 Å². The molecule has 1 unspecified atom stereocenters. The lowest BCUT2D eigenvalue weighted by Crippen LogP contribution is -2.20. The van der Waals surface area contributed by atoms with Crippen LogP contribution in [0.4, 0.5) is 0 Å². The molecule has 1 aromatic carbocycles. The number of nitrogens with one attached hydrogen (secondary N) is 1. The van der Waals surface area contributed by atoms with Gasteiger partial charge in [-0.3, -0.25) is 0 Å². The number of hydrogen-bond acceptors (Lipinski definition) is 1. The van der Waals surface area contributed by atoms with Crippen LogP contribution in [-0.2, 0) is 0 Å². The van der Waals surface area contributed by atoms with Gasteiger partial charge in [0, 0.05) is 6.04 Å². The van der Waals surface area contributed by atoms with Gasteiger partial charge in [-0.1, -0.05) is 48.2 Å². The Kier molecular flexibility index (Phi) is 4.72. The molecular formula is C14H19Cl2N. The first-order valence-corrected chi connectivity index (χ1v) is 7.11. The fraction of sp³-hybridized carbons (Fsp3) is 0.571. The molecule has 1 nitrogen and oxygen atoms in total. The minimum absolute atomic E-state index is 0.264. The van der Waals surface area contributed by atoms with Gasteiger partial charge < -0.3 is 5.32 Å². The highest BCUT2D eigenvalue weighted by atomic mass is 35.5. The number of rotatable bonds is 6. The maximum atomic E-state index is 6.19. The number of halogens is 2. The average molecular weight is 272 g/mol. The molecule has 1 aliphatic rings. The van der Waals surface area contributed by atoms with Crippen LogP contribution in [0.25, 0.3) is 0 Å². The predicted molar refractivity (Wildman–Crippen MR) is 74.8 cm³/mol. The van der Waals surface area contributed by atoms with Crippen LogP contribution in [0.3, 0.4) is 0 Å². The summed E-state index contributed by atoms with van der Waals surface area (Å²) in [6, 6.07) is 6.08. The summed E-state index contributed by atoms with van der Waals surface area (Å²) in [5.41, 5.74) is 1.09. The van der Waals surface area contributed by atoms with Gasteiger partial charge in [0.25, 0.3) is 0 Å². The average Bonchev–Trinajstić information content (AvgIpc) is 3.12. The van der Waals surface area contributed by atoms with Crippen molar-refractivity contribution in [3.63, 3.8) is 0 Å². The van der Waals surface area contributed by atoms with E-state index in [1.165, 1.54) is 25.7 Å². The van der Waals surface area contributed by atoms with Crippen molar-refractivity contribution < 1.29 is 0 Å². The van der Waals surface area contributed by atoms with Crippen LogP contribution in [0.1, 0.15) is 44.2 Å². The summed E-state index contributed by atoms with van der Waals surface area (Å²) >= 11 is 12.2. The normalized spacial score (nSPS) is 17.1. The molecule has 1 N–H and O–H groups in total. The second-order valence-corrected chi connectivity index (χ2v) is 5.69. The molecule has 3 heteroatoms. The van der Waals surface area contributed by atoms with E-state index in [0.29, 0.717) is 10.0 Å². The third-order valence-corrected chi connectivity index (χ3v) is 4.22. The van der Waals surface area contributed by atoms with E-state index in [-0.39, 0.29) is 6.04 Å². The van der Waals surface area contributed by atoms with Gasteiger partial charge in [-0.05, 0) is 43.9 Å². The largest absolute Gasteiger partial charge is 0.310 e. The van der Waals surface area contributed by atoms with Crippen LogP contribution in [0.5, 0.6) is 0 Å². The van der Waals surface area contributed by atoms with Crippen molar-refractivity contribution in [1.29, 1.82) is 0 Å². The summed E-state index contributed by atoms with van der Waals surface area (Å²) in [6.07, 6.45) is 5.50. The first-order valence-electron chi connectivity index (χ1n) is 6.35. The maximum absolute atomic E-state index is 6.19. The minimum Gasteiger partial charge on any atom is -0.310 e. The Morgan fingerprint density at radius 3 is 2.82 bits per heavy atom. The van der Waals surface area contributed by atoms with Gasteiger partial charge in [0.2, 0.25) is 0 Å². The van der Waals surface area contributed by atoms with E-state index in [1.54, 1.807) is 0 Å². The van der Waals surface area contributed by atoms with Gasteiger partial charge in [-0.15, -0.1) is 0 Å². The van der Waals surface area contributed by atoms with Crippen LogP contribution >= 0.6 is 23.2 Å². The molecule has 0 aliphatic heterocycles. The second kappa shape index (κ2) is 6.08. The van der Waals surface area contributed by atoms with Gasteiger partial charge >= 0.3 is 0 Å². The maximum Gasteiger partial charge on any atom is 0.0639 e. The topological polar surface area (TPSA) is 12.0 Å². The fourth-order valence-electron chi connectivity index (χ4n) is 2.08. The van der Waals surface area contributed by atoms with Crippen molar-refractivity contribution in [2.45, 2.75) is 38.6 Å². The third kappa shape index (κ3) is 3.87. The van der Waals surface area contributed by atoms with E-state index < -0.39 is 0 Å². The molecule has 0 radical (unpaired) electrons. The van der Waals surface area contributed by atoms with Gasteiger partial charge in [-0.2, -0.15) is 0 Å². The highest BCUT2D eigenvalue weighted by molar-refractivity contribution is 6.42. The van der Waals surface area contributed by atoms with Crippen LogP contribution in [0.15, 0.2) is 18.2 Å². The first kappa shape index (κ1) is 13.2. The fourth-order valence-corrected chi connectivity index (χ4v) is 2.55. The Hall–Kier alpha value is -0.240. The lowest BCUT2D eigenvalue weighted by molar-refractivity contribution is 0.533. The van der Waals surface area contributed by atoms with E-state index in [9.17, 15) is 0 Å². The first-order chi connectivity index (χ1) is 8.18. The van der Waals surface area contributed by atoms with E-state index in [2.05, 4.69) is 12.2 Å². The van der Waals surface area contributed by atoms with Crippen LogP contribution in [0.2, 0.25) is 10.0 Å². The molecule has 1 saturated carbocycles. The molecule has 1 aromatic rings.